The summed E-state index contributed by atoms with van der Waals surface area (Å²) in [5.74, 6) is 1.36. The van der Waals surface area contributed by atoms with Gasteiger partial charge in [-0.1, -0.05) is 24.3 Å². The first-order valence-corrected chi connectivity index (χ1v) is 10.1. The fourth-order valence-corrected chi connectivity index (χ4v) is 3.15. The summed E-state index contributed by atoms with van der Waals surface area (Å²) < 4.78 is 7.57. The fourth-order valence-electron chi connectivity index (χ4n) is 3.15. The van der Waals surface area contributed by atoms with Crippen molar-refractivity contribution in [1.82, 2.24) is 25.4 Å². The molecule has 0 fully saturated rings. The molecule has 2 N–H and O–H groups in total. The second kappa shape index (κ2) is 9.91. The molecule has 0 aliphatic carbocycles. The van der Waals surface area contributed by atoms with Gasteiger partial charge in [0.15, 0.2) is 5.96 Å². The van der Waals surface area contributed by atoms with Crippen LogP contribution in [0.25, 0.3) is 5.69 Å². The number of guanidine groups is 1. The number of para-hydroxylation sites is 1. The highest BCUT2D eigenvalue weighted by atomic mass is 16.5. The number of hydrogen-bond donors (Lipinski definition) is 2. The van der Waals surface area contributed by atoms with Gasteiger partial charge in [0.1, 0.15) is 0 Å². The zero-order valence-corrected chi connectivity index (χ0v) is 18.3. The van der Waals surface area contributed by atoms with Crippen LogP contribution in [0, 0.1) is 13.8 Å². The summed E-state index contributed by atoms with van der Waals surface area (Å²) >= 11 is 0. The van der Waals surface area contributed by atoms with Crippen LogP contribution >= 0.6 is 0 Å². The quantitative estimate of drug-likeness (QED) is 0.464. The van der Waals surface area contributed by atoms with Gasteiger partial charge in [0.2, 0.25) is 5.88 Å². The smallest absolute Gasteiger partial charge is 0.213 e. The highest BCUT2D eigenvalue weighted by Crippen LogP contribution is 2.17. The number of hydrogen-bond acceptors (Lipinski definition) is 4. The molecular weight excluding hydrogens is 376 g/mol. The van der Waals surface area contributed by atoms with E-state index < -0.39 is 0 Å². The third-order valence-corrected chi connectivity index (χ3v) is 4.51. The minimum atomic E-state index is 0.113. The number of pyridine rings is 1. The normalized spacial score (nSPS) is 11.6. The maximum atomic E-state index is 5.59. The van der Waals surface area contributed by atoms with E-state index in [1.165, 1.54) is 0 Å². The molecule has 7 heteroatoms. The maximum absolute atomic E-state index is 5.59. The van der Waals surface area contributed by atoms with E-state index in [0.717, 1.165) is 34.2 Å². The predicted molar refractivity (Wildman–Crippen MR) is 120 cm³/mol. The lowest BCUT2D eigenvalue weighted by Gasteiger charge is -2.15. The van der Waals surface area contributed by atoms with Crippen molar-refractivity contribution < 1.29 is 4.74 Å². The first-order valence-electron chi connectivity index (χ1n) is 10.1. The Morgan fingerprint density at radius 1 is 1.10 bits per heavy atom. The monoisotopic (exact) mass is 406 g/mol. The Hall–Kier alpha value is -3.35. The lowest BCUT2D eigenvalue weighted by atomic mass is 10.1. The first kappa shape index (κ1) is 21.4. The molecular formula is C23H30N6O. The van der Waals surface area contributed by atoms with Crippen molar-refractivity contribution in [2.45, 2.75) is 46.9 Å². The Balaban J connectivity index is 1.61. The highest BCUT2D eigenvalue weighted by Gasteiger charge is 2.09. The van der Waals surface area contributed by atoms with Crippen LogP contribution in [0.5, 0.6) is 5.88 Å². The zero-order chi connectivity index (χ0) is 21.5. The molecule has 0 aliphatic rings. The molecule has 2 aromatic heterocycles. The number of benzene rings is 1. The molecule has 0 aliphatic heterocycles. The summed E-state index contributed by atoms with van der Waals surface area (Å²) in [5, 5.41) is 11.3. The van der Waals surface area contributed by atoms with E-state index in [4.69, 9.17) is 4.74 Å². The van der Waals surface area contributed by atoms with E-state index in [1.54, 1.807) is 7.05 Å². The van der Waals surface area contributed by atoms with Crippen molar-refractivity contribution in [3.05, 3.63) is 71.2 Å². The summed E-state index contributed by atoms with van der Waals surface area (Å²) in [6.07, 6.45) is 1.93. The average Bonchev–Trinajstić information content (AvgIpc) is 3.07. The average molecular weight is 407 g/mol. The summed E-state index contributed by atoms with van der Waals surface area (Å²) in [7, 11) is 1.76. The van der Waals surface area contributed by atoms with Gasteiger partial charge in [-0.25, -0.2) is 9.67 Å². The Morgan fingerprint density at radius 3 is 2.50 bits per heavy atom. The number of nitrogens with zero attached hydrogens (tertiary/aromatic N) is 4. The van der Waals surface area contributed by atoms with Crippen LogP contribution in [0.2, 0.25) is 0 Å². The molecule has 0 unspecified atom stereocenters. The molecule has 2 heterocycles. The topological polar surface area (TPSA) is 76.4 Å². The van der Waals surface area contributed by atoms with Crippen LogP contribution in [-0.2, 0) is 13.1 Å². The fraction of sp³-hybridized carbons (Fsp3) is 0.348. The molecule has 0 bridgehead atoms. The summed E-state index contributed by atoms with van der Waals surface area (Å²) in [6, 6.07) is 14.2. The van der Waals surface area contributed by atoms with Crippen LogP contribution < -0.4 is 15.4 Å². The van der Waals surface area contributed by atoms with Crippen LogP contribution in [0.15, 0.2) is 53.7 Å². The molecule has 158 valence electrons. The number of aromatic nitrogens is 3. The molecule has 3 aromatic rings. The summed E-state index contributed by atoms with van der Waals surface area (Å²) in [6.45, 7) is 9.30. The zero-order valence-electron chi connectivity index (χ0n) is 18.3. The number of aryl methyl sites for hydroxylation is 2. The van der Waals surface area contributed by atoms with Crippen LogP contribution in [0.3, 0.4) is 0 Å². The molecule has 1 aromatic carbocycles. The molecule has 0 radical (unpaired) electrons. The van der Waals surface area contributed by atoms with E-state index in [2.05, 4.69) is 50.8 Å². The lowest BCUT2D eigenvalue weighted by molar-refractivity contribution is 0.232. The Morgan fingerprint density at radius 2 is 1.87 bits per heavy atom. The van der Waals surface area contributed by atoms with E-state index in [9.17, 15) is 0 Å². The van der Waals surface area contributed by atoms with Gasteiger partial charge in [-0.15, -0.1) is 0 Å². The van der Waals surface area contributed by atoms with Crippen LogP contribution in [-0.4, -0.2) is 33.9 Å². The maximum Gasteiger partial charge on any atom is 0.213 e. The van der Waals surface area contributed by atoms with Crippen molar-refractivity contribution >= 4 is 5.96 Å². The van der Waals surface area contributed by atoms with E-state index in [-0.39, 0.29) is 6.10 Å². The molecule has 0 spiro atoms. The Bertz CT molecular complexity index is 991. The van der Waals surface area contributed by atoms with Gasteiger partial charge in [0.25, 0.3) is 0 Å². The van der Waals surface area contributed by atoms with Crippen molar-refractivity contribution in [2.24, 2.45) is 4.99 Å². The van der Waals surface area contributed by atoms with Crippen molar-refractivity contribution in [2.75, 3.05) is 7.05 Å². The third-order valence-electron chi connectivity index (χ3n) is 4.51. The van der Waals surface area contributed by atoms with E-state index in [0.29, 0.717) is 19.0 Å². The number of rotatable bonds is 7. The van der Waals surface area contributed by atoms with Gasteiger partial charge in [0.05, 0.1) is 17.5 Å². The number of aliphatic imine (C=N–C) groups is 1. The van der Waals surface area contributed by atoms with E-state index >= 15 is 0 Å². The van der Waals surface area contributed by atoms with Gasteiger partial charge in [-0.2, -0.15) is 5.10 Å². The summed E-state index contributed by atoms with van der Waals surface area (Å²) in [4.78, 5) is 8.67. The van der Waals surface area contributed by atoms with Crippen LogP contribution in [0.4, 0.5) is 0 Å². The standard InChI is InChI=1S/C23H30N6O/c1-16(2)30-22-11-10-19(13-25-22)14-26-23(24-5)27-15-20-8-6-7-9-21(20)29-18(4)12-17(3)28-29/h6-13,16H,14-15H2,1-5H3,(H2,24,26,27). The second-order valence-electron chi connectivity index (χ2n) is 7.42. The predicted octanol–water partition coefficient (Wildman–Crippen LogP) is 3.54. The van der Waals surface area contributed by atoms with Gasteiger partial charge in [-0.05, 0) is 51.0 Å². The van der Waals surface area contributed by atoms with Gasteiger partial charge < -0.3 is 15.4 Å². The highest BCUT2D eigenvalue weighted by molar-refractivity contribution is 5.79. The first-order chi connectivity index (χ1) is 14.5. The van der Waals surface area contributed by atoms with Crippen molar-refractivity contribution in [3.8, 4) is 11.6 Å². The van der Waals surface area contributed by atoms with Gasteiger partial charge in [-0.3, -0.25) is 4.99 Å². The molecule has 3 rings (SSSR count). The molecule has 0 saturated carbocycles. The number of nitrogens with one attached hydrogen (secondary N) is 2. The third kappa shape index (κ3) is 5.59. The largest absolute Gasteiger partial charge is 0.475 e. The molecule has 0 atom stereocenters. The molecule has 7 nitrogen and oxygen atoms in total. The minimum Gasteiger partial charge on any atom is -0.475 e. The Labute approximate surface area is 178 Å². The molecule has 0 saturated heterocycles. The molecule has 0 amide bonds. The lowest BCUT2D eigenvalue weighted by Crippen LogP contribution is -2.36. The SMILES string of the molecule is CN=C(NCc1ccc(OC(C)C)nc1)NCc1ccccc1-n1nc(C)cc1C. The summed E-state index contributed by atoms with van der Waals surface area (Å²) in [5.41, 5.74) is 5.38. The van der Waals surface area contributed by atoms with Gasteiger partial charge >= 0.3 is 0 Å². The molecule has 30 heavy (non-hydrogen) atoms. The minimum absolute atomic E-state index is 0.113. The Kier molecular flexibility index (Phi) is 7.06. The van der Waals surface area contributed by atoms with Gasteiger partial charge in [0, 0.05) is 38.1 Å². The van der Waals surface area contributed by atoms with Crippen molar-refractivity contribution in [1.29, 1.82) is 0 Å². The van der Waals surface area contributed by atoms with Crippen molar-refractivity contribution in [3.63, 3.8) is 0 Å². The number of ether oxygens (including phenoxy) is 1. The van der Waals surface area contributed by atoms with Crippen LogP contribution in [0.1, 0.15) is 36.4 Å². The van der Waals surface area contributed by atoms with E-state index in [1.807, 2.05) is 55.9 Å². The second-order valence-corrected chi connectivity index (χ2v) is 7.42.